The van der Waals surface area contributed by atoms with Crippen LogP contribution in [0.25, 0.3) is 0 Å². The van der Waals surface area contributed by atoms with Gasteiger partial charge in [-0.05, 0) is 30.7 Å². The first kappa shape index (κ1) is 17.1. The zero-order chi connectivity index (χ0) is 16.7. The van der Waals surface area contributed by atoms with Gasteiger partial charge < -0.3 is 15.1 Å². The van der Waals surface area contributed by atoms with Crippen molar-refractivity contribution in [3.8, 4) is 0 Å². The van der Waals surface area contributed by atoms with Crippen LogP contribution in [0.5, 0.6) is 0 Å². The van der Waals surface area contributed by atoms with Crippen molar-refractivity contribution >= 4 is 6.03 Å². The summed E-state index contributed by atoms with van der Waals surface area (Å²) in [6, 6.07) is 10.2. The van der Waals surface area contributed by atoms with Crippen LogP contribution in [0, 0.1) is 18.8 Å². The highest BCUT2D eigenvalue weighted by molar-refractivity contribution is 5.73. The van der Waals surface area contributed by atoms with Gasteiger partial charge in [-0.15, -0.1) is 0 Å². The number of nitrogens with zero attached hydrogens (tertiary/aromatic N) is 1. The van der Waals surface area contributed by atoms with E-state index < -0.39 is 0 Å². The van der Waals surface area contributed by atoms with E-state index >= 15 is 0 Å². The van der Waals surface area contributed by atoms with Crippen molar-refractivity contribution in [1.29, 1.82) is 0 Å². The molecular weight excluding hydrogens is 290 g/mol. The number of rotatable bonds is 7. The number of hydrogen-bond acceptors (Lipinski definition) is 3. The number of nitrogens with one attached hydrogen (secondary N) is 2. The van der Waals surface area contributed by atoms with Gasteiger partial charge in [0.1, 0.15) is 11.5 Å². The Morgan fingerprint density at radius 1 is 1.22 bits per heavy atom. The van der Waals surface area contributed by atoms with Crippen LogP contribution < -0.4 is 10.6 Å². The topological polar surface area (TPSA) is 67.2 Å². The van der Waals surface area contributed by atoms with E-state index in [1.54, 1.807) is 0 Å². The van der Waals surface area contributed by atoms with Gasteiger partial charge in [0, 0.05) is 6.54 Å². The first-order valence-corrected chi connectivity index (χ1v) is 8.01. The molecule has 1 aromatic carbocycles. The van der Waals surface area contributed by atoms with Crippen LogP contribution in [0.1, 0.15) is 30.9 Å². The molecule has 0 aliphatic heterocycles. The molecule has 0 fully saturated rings. The molecule has 0 radical (unpaired) electrons. The van der Waals surface area contributed by atoms with E-state index in [1.165, 1.54) is 12.0 Å². The smallest absolute Gasteiger partial charge is 0.315 e. The first-order chi connectivity index (χ1) is 11.1. The Labute approximate surface area is 137 Å². The summed E-state index contributed by atoms with van der Waals surface area (Å²) in [6.45, 7) is 7.23. The van der Waals surface area contributed by atoms with Gasteiger partial charge in [0.15, 0.2) is 6.39 Å². The molecule has 0 saturated carbocycles. The number of oxazole rings is 1. The lowest BCUT2D eigenvalue weighted by molar-refractivity contribution is 0.236. The first-order valence-electron chi connectivity index (χ1n) is 8.01. The average molecular weight is 315 g/mol. The van der Waals surface area contributed by atoms with Crippen LogP contribution in [0.15, 0.2) is 41.1 Å². The van der Waals surface area contributed by atoms with Crippen LogP contribution in [0.2, 0.25) is 0 Å². The lowest BCUT2D eigenvalue weighted by Gasteiger charge is -2.21. The van der Waals surface area contributed by atoms with Crippen molar-refractivity contribution in [3.63, 3.8) is 0 Å². The maximum Gasteiger partial charge on any atom is 0.315 e. The average Bonchev–Trinajstić information content (AvgIpc) is 2.95. The lowest BCUT2D eigenvalue weighted by Crippen LogP contribution is -2.39. The van der Waals surface area contributed by atoms with E-state index in [1.807, 2.05) is 25.1 Å². The number of benzene rings is 1. The highest BCUT2D eigenvalue weighted by atomic mass is 16.3. The fourth-order valence-electron chi connectivity index (χ4n) is 2.41. The predicted octanol–water partition coefficient (Wildman–Crippen LogP) is 3.30. The molecule has 124 valence electrons. The standard InChI is InChI=1S/C18H25N3O2/c1-13(2)16(9-15-7-5-4-6-8-15)10-19-18(22)20-11-17-14(3)23-12-21-17/h4-8,12-13,16H,9-11H2,1-3H3,(H2,19,20,22)/t16-/m0/s1. The molecule has 0 unspecified atom stereocenters. The molecule has 2 N–H and O–H groups in total. The molecule has 0 saturated heterocycles. The Bertz CT molecular complexity index is 608. The summed E-state index contributed by atoms with van der Waals surface area (Å²) < 4.78 is 5.11. The van der Waals surface area contributed by atoms with Gasteiger partial charge in [-0.2, -0.15) is 0 Å². The van der Waals surface area contributed by atoms with Gasteiger partial charge in [-0.3, -0.25) is 0 Å². The summed E-state index contributed by atoms with van der Waals surface area (Å²) in [5.74, 6) is 1.62. The Morgan fingerprint density at radius 2 is 1.96 bits per heavy atom. The molecule has 0 bridgehead atoms. The van der Waals surface area contributed by atoms with Gasteiger partial charge in [-0.1, -0.05) is 44.2 Å². The fourth-order valence-corrected chi connectivity index (χ4v) is 2.41. The van der Waals surface area contributed by atoms with Crippen LogP contribution in [-0.4, -0.2) is 17.6 Å². The molecule has 2 aromatic rings. The van der Waals surface area contributed by atoms with Gasteiger partial charge in [-0.25, -0.2) is 9.78 Å². The quantitative estimate of drug-likeness (QED) is 0.824. The molecule has 1 atom stereocenters. The van der Waals surface area contributed by atoms with Gasteiger partial charge >= 0.3 is 6.03 Å². The Hall–Kier alpha value is -2.30. The Kier molecular flexibility index (Phi) is 6.20. The number of urea groups is 1. The van der Waals surface area contributed by atoms with Crippen molar-refractivity contribution in [2.75, 3.05) is 6.54 Å². The van der Waals surface area contributed by atoms with Crippen molar-refractivity contribution in [1.82, 2.24) is 15.6 Å². The van der Waals surface area contributed by atoms with E-state index in [0.29, 0.717) is 24.9 Å². The Morgan fingerprint density at radius 3 is 2.57 bits per heavy atom. The molecule has 0 spiro atoms. The summed E-state index contributed by atoms with van der Waals surface area (Å²) in [4.78, 5) is 16.0. The minimum Gasteiger partial charge on any atom is -0.448 e. The monoisotopic (exact) mass is 315 g/mol. The summed E-state index contributed by atoms with van der Waals surface area (Å²) >= 11 is 0. The molecule has 5 nitrogen and oxygen atoms in total. The summed E-state index contributed by atoms with van der Waals surface area (Å²) in [6.07, 6.45) is 2.35. The molecular formula is C18H25N3O2. The third kappa shape index (κ3) is 5.43. The van der Waals surface area contributed by atoms with Crippen LogP contribution in [-0.2, 0) is 13.0 Å². The van der Waals surface area contributed by atoms with E-state index in [0.717, 1.165) is 17.9 Å². The predicted molar refractivity (Wildman–Crippen MR) is 90.0 cm³/mol. The Balaban J connectivity index is 1.79. The third-order valence-corrected chi connectivity index (χ3v) is 4.07. The van der Waals surface area contributed by atoms with Gasteiger partial charge in [0.05, 0.1) is 6.54 Å². The number of aromatic nitrogens is 1. The van der Waals surface area contributed by atoms with Crippen molar-refractivity contribution in [2.24, 2.45) is 11.8 Å². The van der Waals surface area contributed by atoms with Crippen LogP contribution in [0.3, 0.4) is 0 Å². The highest BCUT2D eigenvalue weighted by Gasteiger charge is 2.15. The minimum absolute atomic E-state index is 0.175. The second-order valence-corrected chi connectivity index (χ2v) is 6.11. The largest absolute Gasteiger partial charge is 0.448 e. The maximum atomic E-state index is 11.9. The second-order valence-electron chi connectivity index (χ2n) is 6.11. The zero-order valence-corrected chi connectivity index (χ0v) is 14.0. The molecule has 1 heterocycles. The van der Waals surface area contributed by atoms with Crippen LogP contribution >= 0.6 is 0 Å². The maximum absolute atomic E-state index is 11.9. The molecule has 5 heteroatoms. The van der Waals surface area contributed by atoms with E-state index in [9.17, 15) is 4.79 Å². The number of aryl methyl sites for hydroxylation is 1. The minimum atomic E-state index is -0.175. The molecule has 1 aromatic heterocycles. The van der Waals surface area contributed by atoms with Gasteiger partial charge in [0.2, 0.25) is 0 Å². The number of hydrogen-bond donors (Lipinski definition) is 2. The number of amides is 2. The lowest BCUT2D eigenvalue weighted by atomic mass is 9.89. The second kappa shape index (κ2) is 8.36. The molecule has 2 rings (SSSR count). The van der Waals surface area contributed by atoms with Crippen LogP contribution in [0.4, 0.5) is 4.79 Å². The van der Waals surface area contributed by atoms with E-state index in [-0.39, 0.29) is 6.03 Å². The van der Waals surface area contributed by atoms with E-state index in [2.05, 4.69) is 41.6 Å². The van der Waals surface area contributed by atoms with E-state index in [4.69, 9.17) is 4.42 Å². The molecule has 2 amide bonds. The number of carbonyl (C=O) groups is 1. The zero-order valence-electron chi connectivity index (χ0n) is 14.0. The van der Waals surface area contributed by atoms with Crippen molar-refractivity contribution in [2.45, 2.75) is 33.7 Å². The normalized spacial score (nSPS) is 12.2. The fraction of sp³-hybridized carbons (Fsp3) is 0.444. The summed E-state index contributed by atoms with van der Waals surface area (Å²) in [5.41, 5.74) is 2.05. The molecule has 23 heavy (non-hydrogen) atoms. The summed E-state index contributed by atoms with van der Waals surface area (Å²) in [7, 11) is 0. The van der Waals surface area contributed by atoms with Gasteiger partial charge in [0.25, 0.3) is 0 Å². The van der Waals surface area contributed by atoms with Crippen molar-refractivity contribution < 1.29 is 9.21 Å². The molecule has 0 aliphatic carbocycles. The summed E-state index contributed by atoms with van der Waals surface area (Å²) in [5, 5.41) is 5.77. The molecule has 0 aliphatic rings. The third-order valence-electron chi connectivity index (χ3n) is 4.07. The van der Waals surface area contributed by atoms with Crippen molar-refractivity contribution in [3.05, 3.63) is 53.7 Å². The SMILES string of the molecule is Cc1ocnc1CNC(=O)NC[C@H](Cc1ccccc1)C(C)C. The number of carbonyl (C=O) groups excluding carboxylic acids is 1. The highest BCUT2D eigenvalue weighted by Crippen LogP contribution is 2.16.